The van der Waals surface area contributed by atoms with Crippen molar-refractivity contribution in [3.63, 3.8) is 0 Å². The van der Waals surface area contributed by atoms with Gasteiger partial charge >= 0.3 is 0 Å². The third-order valence-electron chi connectivity index (χ3n) is 5.79. The van der Waals surface area contributed by atoms with Crippen LogP contribution in [-0.4, -0.2) is 20.9 Å². The molecule has 0 saturated heterocycles. The zero-order valence-corrected chi connectivity index (χ0v) is 19.4. The fourth-order valence-corrected chi connectivity index (χ4v) is 4.94. The summed E-state index contributed by atoms with van der Waals surface area (Å²) in [5.41, 5.74) is 5.03. The maximum Gasteiger partial charge on any atom is 0.280 e. The number of nitro groups is 1. The van der Waals surface area contributed by atoms with E-state index in [0.29, 0.717) is 4.88 Å². The lowest BCUT2D eigenvalue weighted by molar-refractivity contribution is -0.682. The Morgan fingerprint density at radius 2 is 1.71 bits per heavy atom. The summed E-state index contributed by atoms with van der Waals surface area (Å²) in [5.74, 6) is -0.221. The molecule has 8 heteroatoms. The van der Waals surface area contributed by atoms with Crippen LogP contribution in [0.1, 0.15) is 32.4 Å². The molecule has 5 rings (SSSR count). The van der Waals surface area contributed by atoms with Crippen molar-refractivity contribution in [2.24, 2.45) is 0 Å². The number of nitrogens with one attached hydrogen (secondary N) is 1. The molecule has 0 bridgehead atoms. The molecule has 0 saturated carbocycles. The van der Waals surface area contributed by atoms with Gasteiger partial charge < -0.3 is 0 Å². The van der Waals surface area contributed by atoms with Crippen LogP contribution < -0.4 is 4.57 Å². The van der Waals surface area contributed by atoms with Crippen LogP contribution in [0, 0.1) is 10.1 Å². The van der Waals surface area contributed by atoms with Crippen LogP contribution in [0.5, 0.6) is 0 Å². The standard InChI is InChI=1S/C27H21N4O3S/c32-24(25-14-22(18-35-25)31(33)34)17-30-13-7-12-21(16-30)23-15-28-29-27(23)26(19-8-3-1-4-9-19)20-10-5-2-6-11-20/h1-16,18,26H,17H2,(H,28,29)/q+1. The van der Waals surface area contributed by atoms with Crippen LogP contribution in [-0.2, 0) is 6.54 Å². The van der Waals surface area contributed by atoms with E-state index in [1.54, 1.807) is 10.8 Å². The molecule has 0 radical (unpaired) electrons. The summed E-state index contributed by atoms with van der Waals surface area (Å²) in [6, 6.07) is 25.7. The number of ketones is 1. The molecule has 2 aromatic carbocycles. The first kappa shape index (κ1) is 22.4. The number of pyridine rings is 1. The number of Topliss-reactive ketones (excluding diaryl/α,β-unsaturated/α-hetero) is 1. The number of carbonyl (C=O) groups is 1. The minimum Gasteiger partial charge on any atom is -0.286 e. The number of thiophene rings is 1. The number of aromatic nitrogens is 3. The van der Waals surface area contributed by atoms with Gasteiger partial charge in [-0.25, -0.2) is 0 Å². The molecule has 3 aromatic heterocycles. The second-order valence-electron chi connectivity index (χ2n) is 8.07. The van der Waals surface area contributed by atoms with E-state index in [2.05, 4.69) is 34.5 Å². The fourth-order valence-electron chi connectivity index (χ4n) is 4.15. The Morgan fingerprint density at radius 1 is 1.03 bits per heavy atom. The predicted molar refractivity (Wildman–Crippen MR) is 133 cm³/mol. The molecule has 0 unspecified atom stereocenters. The summed E-state index contributed by atoms with van der Waals surface area (Å²) < 4.78 is 1.79. The SMILES string of the molecule is O=C(C[n+]1cccc(-c2cn[nH]c2C(c2ccccc2)c2ccccc2)c1)c1cc([N+](=O)[O-])cs1. The highest BCUT2D eigenvalue weighted by molar-refractivity contribution is 7.12. The van der Waals surface area contributed by atoms with Crippen LogP contribution in [0.25, 0.3) is 11.1 Å². The van der Waals surface area contributed by atoms with Gasteiger partial charge in [-0.05, 0) is 17.2 Å². The zero-order valence-electron chi connectivity index (χ0n) is 18.6. The van der Waals surface area contributed by atoms with Gasteiger partial charge in [0.25, 0.3) is 5.69 Å². The average Bonchev–Trinajstić information content (AvgIpc) is 3.57. The van der Waals surface area contributed by atoms with Crippen LogP contribution in [0.4, 0.5) is 5.69 Å². The lowest BCUT2D eigenvalue weighted by Crippen LogP contribution is -2.37. The number of hydrogen-bond acceptors (Lipinski definition) is 5. The van der Waals surface area contributed by atoms with E-state index in [1.807, 2.05) is 60.9 Å². The molecule has 0 aliphatic carbocycles. The Balaban J connectivity index is 1.48. The average molecular weight is 482 g/mol. The maximum absolute atomic E-state index is 12.7. The van der Waals surface area contributed by atoms with E-state index in [4.69, 9.17) is 0 Å². The first-order chi connectivity index (χ1) is 17.1. The fraction of sp³-hybridized carbons (Fsp3) is 0.0741. The largest absolute Gasteiger partial charge is 0.286 e. The first-order valence-electron chi connectivity index (χ1n) is 11.0. The first-order valence-corrected chi connectivity index (χ1v) is 11.9. The molecule has 172 valence electrons. The van der Waals surface area contributed by atoms with Gasteiger partial charge in [0.2, 0.25) is 12.3 Å². The summed E-state index contributed by atoms with van der Waals surface area (Å²) in [4.78, 5) is 23.6. The Hall–Kier alpha value is -4.43. The summed E-state index contributed by atoms with van der Waals surface area (Å²) in [6.07, 6.45) is 5.52. The van der Waals surface area contributed by atoms with E-state index in [9.17, 15) is 14.9 Å². The van der Waals surface area contributed by atoms with Gasteiger partial charge in [-0.1, -0.05) is 60.7 Å². The van der Waals surface area contributed by atoms with Crippen molar-refractivity contribution in [2.45, 2.75) is 12.5 Å². The maximum atomic E-state index is 12.7. The van der Waals surface area contributed by atoms with Crippen LogP contribution in [0.15, 0.2) is 103 Å². The predicted octanol–water partition coefficient (Wildman–Crippen LogP) is 5.40. The number of carbonyl (C=O) groups excluding carboxylic acids is 1. The highest BCUT2D eigenvalue weighted by Gasteiger charge is 2.24. The number of nitrogens with zero attached hydrogens (tertiary/aromatic N) is 3. The van der Waals surface area contributed by atoms with Crippen molar-refractivity contribution in [1.82, 2.24) is 10.2 Å². The number of aromatic amines is 1. The summed E-state index contributed by atoms with van der Waals surface area (Å²) in [6.45, 7) is 0.0828. The summed E-state index contributed by atoms with van der Waals surface area (Å²) >= 11 is 1.09. The highest BCUT2D eigenvalue weighted by atomic mass is 32.1. The van der Waals surface area contributed by atoms with Crippen molar-refractivity contribution in [1.29, 1.82) is 0 Å². The second-order valence-corrected chi connectivity index (χ2v) is 8.98. The minimum absolute atomic E-state index is 0.0446. The molecule has 0 aliphatic heterocycles. The van der Waals surface area contributed by atoms with Gasteiger partial charge in [0, 0.05) is 23.3 Å². The number of benzene rings is 2. The summed E-state index contributed by atoms with van der Waals surface area (Å²) in [5, 5.41) is 19.9. The molecule has 7 nitrogen and oxygen atoms in total. The smallest absolute Gasteiger partial charge is 0.280 e. The molecule has 0 aliphatic rings. The van der Waals surface area contributed by atoms with Gasteiger partial charge in [0.1, 0.15) is 0 Å². The van der Waals surface area contributed by atoms with Crippen LogP contribution in [0.3, 0.4) is 0 Å². The highest BCUT2D eigenvalue weighted by Crippen LogP contribution is 2.36. The van der Waals surface area contributed by atoms with Crippen molar-refractivity contribution in [3.8, 4) is 11.1 Å². The topological polar surface area (TPSA) is 92.8 Å². The lowest BCUT2D eigenvalue weighted by Gasteiger charge is -2.18. The number of H-pyrrole nitrogens is 1. The third kappa shape index (κ3) is 4.78. The van der Waals surface area contributed by atoms with Crippen LogP contribution >= 0.6 is 11.3 Å². The molecule has 0 fully saturated rings. The van der Waals surface area contributed by atoms with E-state index in [-0.39, 0.29) is 23.9 Å². The van der Waals surface area contributed by atoms with Crippen molar-refractivity contribution in [3.05, 3.63) is 135 Å². The Bertz CT molecular complexity index is 1440. The Morgan fingerprint density at radius 3 is 2.34 bits per heavy atom. The van der Waals surface area contributed by atoms with E-state index in [1.165, 1.54) is 11.4 Å². The number of rotatable bonds is 8. The third-order valence-corrected chi connectivity index (χ3v) is 6.75. The lowest BCUT2D eigenvalue weighted by atomic mass is 9.86. The molecule has 1 N–H and O–H groups in total. The van der Waals surface area contributed by atoms with E-state index >= 15 is 0 Å². The van der Waals surface area contributed by atoms with Crippen LogP contribution in [0.2, 0.25) is 0 Å². The van der Waals surface area contributed by atoms with Crippen molar-refractivity contribution in [2.75, 3.05) is 0 Å². The van der Waals surface area contributed by atoms with E-state index in [0.717, 1.165) is 39.3 Å². The molecule has 0 atom stereocenters. The molecule has 0 spiro atoms. The molecular formula is C27H21N4O3S+. The van der Waals surface area contributed by atoms with Gasteiger partial charge in [0.05, 0.1) is 33.0 Å². The molecule has 0 amide bonds. The van der Waals surface area contributed by atoms with Gasteiger partial charge in [-0.15, -0.1) is 11.3 Å². The molecular weight excluding hydrogens is 460 g/mol. The van der Waals surface area contributed by atoms with Gasteiger partial charge in [-0.2, -0.15) is 9.67 Å². The van der Waals surface area contributed by atoms with Gasteiger partial charge in [0.15, 0.2) is 12.4 Å². The van der Waals surface area contributed by atoms with Gasteiger partial charge in [-0.3, -0.25) is 20.0 Å². The monoisotopic (exact) mass is 481 g/mol. The summed E-state index contributed by atoms with van der Waals surface area (Å²) in [7, 11) is 0. The van der Waals surface area contributed by atoms with Crippen molar-refractivity contribution >= 4 is 22.8 Å². The zero-order chi connectivity index (χ0) is 24.2. The second kappa shape index (κ2) is 9.82. The molecule has 35 heavy (non-hydrogen) atoms. The van der Waals surface area contributed by atoms with E-state index < -0.39 is 4.92 Å². The normalized spacial score (nSPS) is 11.0. The minimum atomic E-state index is -0.489. The molecule has 3 heterocycles. The Labute approximate surface area is 205 Å². The number of hydrogen-bond donors (Lipinski definition) is 1. The Kier molecular flexibility index (Phi) is 6.28. The molecule has 5 aromatic rings. The quantitative estimate of drug-likeness (QED) is 0.139. The van der Waals surface area contributed by atoms with Crippen molar-refractivity contribution < 1.29 is 14.3 Å².